The van der Waals surface area contributed by atoms with E-state index in [-0.39, 0.29) is 5.91 Å². The summed E-state index contributed by atoms with van der Waals surface area (Å²) in [5.74, 6) is -0.204. The molecule has 0 aromatic heterocycles. The molecule has 0 fully saturated rings. The van der Waals surface area contributed by atoms with Gasteiger partial charge in [0.05, 0.1) is 0 Å². The first kappa shape index (κ1) is 12.2. The van der Waals surface area contributed by atoms with E-state index in [2.05, 4.69) is 25.2 Å². The molecule has 0 rings (SSSR count). The van der Waals surface area contributed by atoms with Crippen molar-refractivity contribution in [2.24, 2.45) is 5.73 Å². The number of rotatable bonds is 7. The van der Waals surface area contributed by atoms with E-state index in [1.54, 1.807) is 0 Å². The highest BCUT2D eigenvalue weighted by molar-refractivity contribution is 5.73. The first-order chi connectivity index (χ1) is 6.13. The fourth-order valence-corrected chi connectivity index (χ4v) is 0.928. The van der Waals surface area contributed by atoms with Crippen molar-refractivity contribution in [2.45, 2.75) is 33.1 Å². The van der Waals surface area contributed by atoms with Crippen LogP contribution in [0.1, 0.15) is 33.1 Å². The van der Waals surface area contributed by atoms with E-state index >= 15 is 0 Å². The molecule has 0 aromatic carbocycles. The van der Waals surface area contributed by atoms with Crippen LogP contribution in [-0.2, 0) is 4.79 Å². The minimum Gasteiger partial charge on any atom is -0.370 e. The molecular formula is C10H20N2O. The highest BCUT2D eigenvalue weighted by Crippen LogP contribution is 1.92. The van der Waals surface area contributed by atoms with E-state index in [4.69, 9.17) is 5.73 Å². The Morgan fingerprint density at radius 3 is 2.62 bits per heavy atom. The number of hydrogen-bond donors (Lipinski definition) is 2. The van der Waals surface area contributed by atoms with Crippen LogP contribution in [0.5, 0.6) is 0 Å². The van der Waals surface area contributed by atoms with Crippen LogP contribution >= 0.6 is 0 Å². The number of amides is 1. The molecule has 0 atom stereocenters. The molecule has 76 valence electrons. The van der Waals surface area contributed by atoms with Crippen LogP contribution in [-0.4, -0.2) is 19.0 Å². The van der Waals surface area contributed by atoms with Crippen LogP contribution in [0.3, 0.4) is 0 Å². The molecule has 0 heterocycles. The van der Waals surface area contributed by atoms with Crippen molar-refractivity contribution in [3.8, 4) is 0 Å². The van der Waals surface area contributed by atoms with Crippen LogP contribution in [0.25, 0.3) is 0 Å². The number of allylic oxidation sites excluding steroid dienone is 1. The van der Waals surface area contributed by atoms with E-state index in [1.807, 2.05) is 0 Å². The standard InChI is InChI=1S/C10H20N2O/c1-9(2)6-8-12-7-4-3-5-10(11)13/h6,12H,3-5,7-8H2,1-2H3,(H2,11,13). The summed E-state index contributed by atoms with van der Waals surface area (Å²) in [7, 11) is 0. The molecule has 0 spiro atoms. The van der Waals surface area contributed by atoms with Gasteiger partial charge in [0.15, 0.2) is 0 Å². The van der Waals surface area contributed by atoms with E-state index in [0.717, 1.165) is 25.9 Å². The largest absolute Gasteiger partial charge is 0.370 e. The second-order valence-corrected chi connectivity index (χ2v) is 3.41. The lowest BCUT2D eigenvalue weighted by molar-refractivity contribution is -0.118. The van der Waals surface area contributed by atoms with Gasteiger partial charge in [0, 0.05) is 13.0 Å². The van der Waals surface area contributed by atoms with E-state index in [9.17, 15) is 4.79 Å². The highest BCUT2D eigenvalue weighted by Gasteiger charge is 1.92. The maximum absolute atomic E-state index is 10.4. The van der Waals surface area contributed by atoms with Gasteiger partial charge in [0.1, 0.15) is 0 Å². The molecule has 0 bridgehead atoms. The molecule has 3 heteroatoms. The summed E-state index contributed by atoms with van der Waals surface area (Å²) < 4.78 is 0. The molecule has 3 nitrogen and oxygen atoms in total. The molecule has 0 radical (unpaired) electrons. The highest BCUT2D eigenvalue weighted by atomic mass is 16.1. The Labute approximate surface area is 80.4 Å². The van der Waals surface area contributed by atoms with Crippen molar-refractivity contribution < 1.29 is 4.79 Å². The monoisotopic (exact) mass is 184 g/mol. The summed E-state index contributed by atoms with van der Waals surface area (Å²) in [6, 6.07) is 0. The third-order valence-corrected chi connectivity index (χ3v) is 1.68. The summed E-state index contributed by atoms with van der Waals surface area (Å²) >= 11 is 0. The summed E-state index contributed by atoms with van der Waals surface area (Å²) in [5, 5.41) is 3.26. The predicted molar refractivity (Wildman–Crippen MR) is 55.3 cm³/mol. The molecule has 0 aliphatic heterocycles. The molecule has 0 saturated carbocycles. The van der Waals surface area contributed by atoms with Gasteiger partial charge in [-0.1, -0.05) is 11.6 Å². The quantitative estimate of drug-likeness (QED) is 0.461. The Bertz CT molecular complexity index is 172. The van der Waals surface area contributed by atoms with Gasteiger partial charge in [-0.05, 0) is 33.2 Å². The fraction of sp³-hybridized carbons (Fsp3) is 0.700. The first-order valence-electron chi connectivity index (χ1n) is 4.75. The average molecular weight is 184 g/mol. The lowest BCUT2D eigenvalue weighted by atomic mass is 10.2. The number of nitrogens with two attached hydrogens (primary N) is 1. The zero-order valence-corrected chi connectivity index (χ0v) is 8.60. The van der Waals surface area contributed by atoms with Crippen LogP contribution in [0.4, 0.5) is 0 Å². The molecule has 0 aliphatic rings. The van der Waals surface area contributed by atoms with Gasteiger partial charge < -0.3 is 11.1 Å². The average Bonchev–Trinajstić information content (AvgIpc) is 2.01. The summed E-state index contributed by atoms with van der Waals surface area (Å²) in [5.41, 5.74) is 6.33. The second kappa shape index (κ2) is 7.80. The van der Waals surface area contributed by atoms with Gasteiger partial charge in [-0.2, -0.15) is 0 Å². The Kier molecular flexibility index (Phi) is 7.30. The number of unbranched alkanes of at least 4 members (excludes halogenated alkanes) is 1. The van der Waals surface area contributed by atoms with Crippen molar-refractivity contribution in [2.75, 3.05) is 13.1 Å². The maximum atomic E-state index is 10.4. The van der Waals surface area contributed by atoms with Gasteiger partial charge in [-0.3, -0.25) is 4.79 Å². The smallest absolute Gasteiger partial charge is 0.217 e. The Hall–Kier alpha value is -0.830. The minimum absolute atomic E-state index is 0.204. The van der Waals surface area contributed by atoms with Crippen molar-refractivity contribution in [3.63, 3.8) is 0 Å². The predicted octanol–water partition coefficient (Wildman–Crippen LogP) is 1.20. The van der Waals surface area contributed by atoms with Gasteiger partial charge in [0.25, 0.3) is 0 Å². The molecule has 0 aliphatic carbocycles. The SMILES string of the molecule is CC(C)=CCNCCCCC(N)=O. The minimum atomic E-state index is -0.204. The number of nitrogens with one attached hydrogen (secondary N) is 1. The van der Waals surface area contributed by atoms with Crippen molar-refractivity contribution in [1.29, 1.82) is 0 Å². The number of carbonyl (C=O) groups excluding carboxylic acids is 1. The Balaban J connectivity index is 3.09. The third kappa shape index (κ3) is 11.2. The lowest BCUT2D eigenvalue weighted by Crippen LogP contribution is -2.16. The molecule has 0 unspecified atom stereocenters. The lowest BCUT2D eigenvalue weighted by Gasteiger charge is -2.00. The Morgan fingerprint density at radius 1 is 1.38 bits per heavy atom. The zero-order chi connectivity index (χ0) is 10.1. The summed E-state index contributed by atoms with van der Waals surface area (Å²) in [6.07, 6.45) is 4.55. The van der Waals surface area contributed by atoms with E-state index in [0.29, 0.717) is 6.42 Å². The van der Waals surface area contributed by atoms with Gasteiger partial charge in [-0.25, -0.2) is 0 Å². The van der Waals surface area contributed by atoms with E-state index in [1.165, 1.54) is 5.57 Å². The van der Waals surface area contributed by atoms with Crippen LogP contribution < -0.4 is 11.1 Å². The Morgan fingerprint density at radius 2 is 2.08 bits per heavy atom. The number of carbonyl (C=O) groups is 1. The topological polar surface area (TPSA) is 55.1 Å². The molecule has 1 amide bonds. The molecule has 3 N–H and O–H groups in total. The van der Waals surface area contributed by atoms with Crippen LogP contribution in [0.2, 0.25) is 0 Å². The van der Waals surface area contributed by atoms with Gasteiger partial charge in [-0.15, -0.1) is 0 Å². The second-order valence-electron chi connectivity index (χ2n) is 3.41. The normalized spacial score (nSPS) is 9.69. The third-order valence-electron chi connectivity index (χ3n) is 1.68. The zero-order valence-electron chi connectivity index (χ0n) is 8.60. The molecular weight excluding hydrogens is 164 g/mol. The van der Waals surface area contributed by atoms with Crippen molar-refractivity contribution in [1.82, 2.24) is 5.32 Å². The van der Waals surface area contributed by atoms with Crippen LogP contribution in [0.15, 0.2) is 11.6 Å². The van der Waals surface area contributed by atoms with Crippen molar-refractivity contribution in [3.05, 3.63) is 11.6 Å². The molecule has 0 saturated heterocycles. The van der Waals surface area contributed by atoms with Gasteiger partial charge in [0.2, 0.25) is 5.91 Å². The maximum Gasteiger partial charge on any atom is 0.217 e. The van der Waals surface area contributed by atoms with Crippen molar-refractivity contribution >= 4 is 5.91 Å². The van der Waals surface area contributed by atoms with Gasteiger partial charge >= 0.3 is 0 Å². The first-order valence-corrected chi connectivity index (χ1v) is 4.75. The molecule has 0 aromatic rings. The molecule has 13 heavy (non-hydrogen) atoms. The summed E-state index contributed by atoms with van der Waals surface area (Å²) in [6.45, 7) is 6.03. The van der Waals surface area contributed by atoms with E-state index < -0.39 is 0 Å². The fourth-order valence-electron chi connectivity index (χ4n) is 0.928. The number of hydrogen-bond acceptors (Lipinski definition) is 2. The number of primary amides is 1. The van der Waals surface area contributed by atoms with Crippen LogP contribution in [0, 0.1) is 0 Å². The summed E-state index contributed by atoms with van der Waals surface area (Å²) in [4.78, 5) is 10.4.